The Morgan fingerprint density at radius 3 is 2.67 bits per heavy atom. The lowest BCUT2D eigenvalue weighted by Gasteiger charge is -2.38. The van der Waals surface area contributed by atoms with E-state index in [1.807, 2.05) is 24.3 Å². The molecule has 2 heterocycles. The van der Waals surface area contributed by atoms with Gasteiger partial charge in [0.2, 0.25) is 5.91 Å². The number of ether oxygens (including phenoxy) is 3. The van der Waals surface area contributed by atoms with Gasteiger partial charge in [0.05, 0.1) is 31.0 Å². The second kappa shape index (κ2) is 8.58. The van der Waals surface area contributed by atoms with Gasteiger partial charge in [-0.15, -0.1) is 0 Å². The molecule has 0 radical (unpaired) electrons. The van der Waals surface area contributed by atoms with Gasteiger partial charge >= 0.3 is 5.97 Å². The Hall–Kier alpha value is -2.32. The molecule has 1 aromatic carbocycles. The number of rotatable bonds is 6. The van der Waals surface area contributed by atoms with Crippen LogP contribution in [0.3, 0.4) is 0 Å². The number of esters is 1. The summed E-state index contributed by atoms with van der Waals surface area (Å²) in [7, 11) is 3.13. The predicted molar refractivity (Wildman–Crippen MR) is 103 cm³/mol. The fourth-order valence-electron chi connectivity index (χ4n) is 3.05. The standard InChI is InChI=1S/C19H22N2O5S/c1-12-16(18(23)26-10-9-24-2)17(13-4-6-14(25-3)7-5-13)21-15(22)8-11-27-19(21)20-12/h4-7,17H,8-11H2,1-3H3. The van der Waals surface area contributed by atoms with Crippen molar-refractivity contribution in [2.24, 2.45) is 4.99 Å². The summed E-state index contributed by atoms with van der Waals surface area (Å²) in [5.41, 5.74) is 1.74. The highest BCUT2D eigenvalue weighted by Crippen LogP contribution is 2.40. The van der Waals surface area contributed by atoms with Gasteiger partial charge < -0.3 is 14.2 Å². The summed E-state index contributed by atoms with van der Waals surface area (Å²) in [6.07, 6.45) is 0.404. The summed E-state index contributed by atoms with van der Waals surface area (Å²) < 4.78 is 15.5. The van der Waals surface area contributed by atoms with Crippen LogP contribution in [-0.4, -0.2) is 55.1 Å². The molecule has 1 saturated heterocycles. The maximum absolute atomic E-state index is 12.8. The van der Waals surface area contributed by atoms with E-state index in [-0.39, 0.29) is 12.5 Å². The molecular weight excluding hydrogens is 368 g/mol. The number of methoxy groups -OCH3 is 2. The van der Waals surface area contributed by atoms with Gasteiger partial charge in [-0.3, -0.25) is 9.69 Å². The van der Waals surface area contributed by atoms with E-state index in [0.717, 1.165) is 5.56 Å². The van der Waals surface area contributed by atoms with E-state index in [1.165, 1.54) is 11.8 Å². The molecule has 27 heavy (non-hydrogen) atoms. The molecule has 0 aromatic heterocycles. The fraction of sp³-hybridized carbons (Fsp3) is 0.421. The lowest BCUT2D eigenvalue weighted by Crippen LogP contribution is -2.45. The summed E-state index contributed by atoms with van der Waals surface area (Å²) >= 11 is 1.52. The second-order valence-electron chi connectivity index (χ2n) is 6.06. The smallest absolute Gasteiger partial charge is 0.338 e. The monoisotopic (exact) mass is 390 g/mol. The molecule has 1 amide bonds. The lowest BCUT2D eigenvalue weighted by atomic mass is 9.94. The van der Waals surface area contributed by atoms with Crippen LogP contribution in [0.1, 0.15) is 24.9 Å². The van der Waals surface area contributed by atoms with E-state index in [4.69, 9.17) is 14.2 Å². The minimum Gasteiger partial charge on any atom is -0.497 e. The van der Waals surface area contributed by atoms with Crippen molar-refractivity contribution < 1.29 is 23.8 Å². The van der Waals surface area contributed by atoms with Gasteiger partial charge in [0.1, 0.15) is 12.4 Å². The van der Waals surface area contributed by atoms with Crippen molar-refractivity contribution in [2.45, 2.75) is 19.4 Å². The van der Waals surface area contributed by atoms with E-state index in [9.17, 15) is 9.59 Å². The van der Waals surface area contributed by atoms with Crippen LogP contribution < -0.4 is 4.74 Å². The van der Waals surface area contributed by atoms with E-state index in [1.54, 1.807) is 26.0 Å². The van der Waals surface area contributed by atoms with Crippen molar-refractivity contribution in [3.63, 3.8) is 0 Å². The first kappa shape index (κ1) is 19.4. The van der Waals surface area contributed by atoms with E-state index >= 15 is 0 Å². The average molecular weight is 390 g/mol. The molecule has 0 saturated carbocycles. The van der Waals surface area contributed by atoms with Crippen LogP contribution in [-0.2, 0) is 19.1 Å². The number of aliphatic imine (C=N–C) groups is 1. The second-order valence-corrected chi connectivity index (χ2v) is 7.12. The van der Waals surface area contributed by atoms with Crippen LogP contribution in [0.15, 0.2) is 40.5 Å². The molecule has 3 rings (SSSR count). The first-order chi connectivity index (χ1) is 13.1. The number of amidine groups is 1. The van der Waals surface area contributed by atoms with Crippen LogP contribution in [0.4, 0.5) is 0 Å². The number of hydrogen-bond donors (Lipinski definition) is 0. The van der Waals surface area contributed by atoms with Crippen molar-refractivity contribution in [3.8, 4) is 5.75 Å². The Morgan fingerprint density at radius 1 is 1.26 bits per heavy atom. The SMILES string of the molecule is COCCOC(=O)C1=C(C)N=C2SCCC(=O)N2C1c1ccc(OC)cc1. The average Bonchev–Trinajstić information content (AvgIpc) is 2.67. The lowest BCUT2D eigenvalue weighted by molar-refractivity contribution is -0.141. The number of carbonyl (C=O) groups excluding carboxylic acids is 2. The third-order valence-electron chi connectivity index (χ3n) is 4.38. The molecule has 0 bridgehead atoms. The highest BCUT2D eigenvalue weighted by atomic mass is 32.2. The van der Waals surface area contributed by atoms with Crippen molar-refractivity contribution in [3.05, 3.63) is 41.1 Å². The van der Waals surface area contributed by atoms with Crippen LogP contribution in [0.25, 0.3) is 0 Å². The zero-order valence-corrected chi connectivity index (χ0v) is 16.4. The van der Waals surface area contributed by atoms with E-state index in [2.05, 4.69) is 4.99 Å². The maximum Gasteiger partial charge on any atom is 0.338 e. The normalized spacial score (nSPS) is 19.5. The molecule has 1 atom stereocenters. The zero-order chi connectivity index (χ0) is 19.4. The van der Waals surface area contributed by atoms with Crippen LogP contribution in [0.2, 0.25) is 0 Å². The quantitative estimate of drug-likeness (QED) is 0.549. The summed E-state index contributed by atoms with van der Waals surface area (Å²) in [5, 5.41) is 0.623. The summed E-state index contributed by atoms with van der Waals surface area (Å²) in [6.45, 7) is 2.21. The number of nitrogens with zero attached hydrogens (tertiary/aromatic N) is 2. The Labute approximate surface area is 162 Å². The number of benzene rings is 1. The van der Waals surface area contributed by atoms with Gasteiger partial charge in [-0.25, -0.2) is 9.79 Å². The van der Waals surface area contributed by atoms with Crippen molar-refractivity contribution >= 4 is 28.8 Å². The fourth-order valence-corrected chi connectivity index (χ4v) is 4.06. The van der Waals surface area contributed by atoms with Gasteiger partial charge in [0.25, 0.3) is 0 Å². The van der Waals surface area contributed by atoms with Gasteiger partial charge in [-0.05, 0) is 24.6 Å². The number of allylic oxidation sites excluding steroid dienone is 1. The van der Waals surface area contributed by atoms with Crippen LogP contribution in [0, 0.1) is 0 Å². The van der Waals surface area contributed by atoms with Crippen molar-refractivity contribution in [1.29, 1.82) is 0 Å². The van der Waals surface area contributed by atoms with Gasteiger partial charge in [0.15, 0.2) is 5.17 Å². The Morgan fingerprint density at radius 2 is 2.00 bits per heavy atom. The van der Waals surface area contributed by atoms with Crippen molar-refractivity contribution in [2.75, 3.05) is 33.2 Å². The first-order valence-corrected chi connectivity index (χ1v) is 9.59. The molecule has 0 spiro atoms. The van der Waals surface area contributed by atoms with E-state index in [0.29, 0.717) is 41.0 Å². The largest absolute Gasteiger partial charge is 0.497 e. The molecule has 2 aliphatic rings. The minimum atomic E-state index is -0.571. The molecule has 1 aromatic rings. The summed E-state index contributed by atoms with van der Waals surface area (Å²) in [6, 6.07) is 6.76. The van der Waals surface area contributed by atoms with Gasteiger partial charge in [0, 0.05) is 19.3 Å². The van der Waals surface area contributed by atoms with E-state index < -0.39 is 12.0 Å². The Kier molecular flexibility index (Phi) is 6.18. The van der Waals surface area contributed by atoms with Crippen LogP contribution >= 0.6 is 11.8 Å². The number of thioether (sulfide) groups is 1. The predicted octanol–water partition coefficient (Wildman–Crippen LogP) is 2.54. The van der Waals surface area contributed by atoms with Crippen molar-refractivity contribution in [1.82, 2.24) is 4.90 Å². The van der Waals surface area contributed by atoms with Gasteiger partial charge in [-0.1, -0.05) is 23.9 Å². The molecule has 1 fully saturated rings. The molecular formula is C19H22N2O5S. The molecule has 144 valence electrons. The first-order valence-electron chi connectivity index (χ1n) is 8.61. The van der Waals surface area contributed by atoms with Gasteiger partial charge in [-0.2, -0.15) is 0 Å². The number of carbonyl (C=O) groups is 2. The Bertz CT molecular complexity index is 788. The molecule has 0 aliphatic carbocycles. The topological polar surface area (TPSA) is 77.4 Å². The molecule has 8 heteroatoms. The molecule has 7 nitrogen and oxygen atoms in total. The number of amides is 1. The highest BCUT2D eigenvalue weighted by molar-refractivity contribution is 8.14. The minimum absolute atomic E-state index is 0.0528. The summed E-state index contributed by atoms with van der Waals surface area (Å²) in [4.78, 5) is 31.6. The Balaban J connectivity index is 2.03. The van der Waals surface area contributed by atoms with Crippen LogP contribution in [0.5, 0.6) is 5.75 Å². The third-order valence-corrected chi connectivity index (χ3v) is 5.33. The molecule has 2 aliphatic heterocycles. The number of hydrogen-bond acceptors (Lipinski definition) is 7. The molecule has 0 N–H and O–H groups in total. The summed E-state index contributed by atoms with van der Waals surface area (Å²) in [5.74, 6) is 0.844. The number of fused-ring (bicyclic) bond motifs is 1. The third kappa shape index (κ3) is 4.01. The zero-order valence-electron chi connectivity index (χ0n) is 15.6. The maximum atomic E-state index is 12.8. The highest BCUT2D eigenvalue weighted by Gasteiger charge is 2.41. The molecule has 1 unspecified atom stereocenters.